The molecule has 0 amide bonds. The largest absolute Gasteiger partial charge is 0.790 e. The number of phosphoric acid groups is 1. The maximum Gasteiger partial charge on any atom is 0.143 e. The van der Waals surface area contributed by atoms with E-state index in [0.29, 0.717) is 5.56 Å². The van der Waals surface area contributed by atoms with E-state index < -0.39 is 36.9 Å². The molecule has 1 rings (SSSR count). The molecule has 1 aromatic carbocycles. The van der Waals surface area contributed by atoms with Gasteiger partial charge >= 0.3 is 0 Å². The third-order valence-corrected chi connectivity index (χ3v) is 7.52. The molecule has 0 bridgehead atoms. The Morgan fingerprint density at radius 2 is 1.64 bits per heavy atom. The molecule has 3 unspecified atom stereocenters. The van der Waals surface area contributed by atoms with Gasteiger partial charge in [-0.3, -0.25) is 0 Å². The Morgan fingerprint density at radius 1 is 1.12 bits per heavy atom. The van der Waals surface area contributed by atoms with Gasteiger partial charge in [-0.15, -0.1) is 0 Å². The fourth-order valence-electron chi connectivity index (χ4n) is 2.38. The van der Waals surface area contributed by atoms with Crippen LogP contribution >= 0.6 is 15.4 Å². The molecule has 0 spiro atoms. The van der Waals surface area contributed by atoms with Gasteiger partial charge in [-0.2, -0.15) is 0 Å². The molecule has 0 aliphatic carbocycles. The predicted octanol–water partition coefficient (Wildman–Crippen LogP) is 0.403. The Kier molecular flexibility index (Phi) is 7.56. The summed E-state index contributed by atoms with van der Waals surface area (Å²) in [6.45, 7) is 3.34. The van der Waals surface area contributed by atoms with Crippen molar-refractivity contribution >= 4 is 25.5 Å². The molecule has 0 radical (unpaired) electrons. The van der Waals surface area contributed by atoms with Crippen molar-refractivity contribution in [2.75, 3.05) is 0 Å². The third-order valence-electron chi connectivity index (χ3n) is 3.63. The summed E-state index contributed by atoms with van der Waals surface area (Å²) in [6.07, 6.45) is -0.460. The lowest BCUT2D eigenvalue weighted by Crippen LogP contribution is -2.22. The molecule has 0 saturated carbocycles. The van der Waals surface area contributed by atoms with E-state index in [0.717, 1.165) is 0 Å². The molecule has 0 saturated heterocycles. The molecule has 9 nitrogen and oxygen atoms in total. The summed E-state index contributed by atoms with van der Waals surface area (Å²) >= 11 is 0. The first-order chi connectivity index (χ1) is 11.2. The summed E-state index contributed by atoms with van der Waals surface area (Å²) in [6, 6.07) is 5.87. The van der Waals surface area contributed by atoms with Crippen LogP contribution in [0.5, 0.6) is 0 Å². The van der Waals surface area contributed by atoms with Crippen LogP contribution in [0.3, 0.4) is 0 Å². The third kappa shape index (κ3) is 8.11. The summed E-state index contributed by atoms with van der Waals surface area (Å²) < 4.78 is 58.8. The van der Waals surface area contributed by atoms with E-state index in [1.54, 1.807) is 13.8 Å². The van der Waals surface area contributed by atoms with Crippen molar-refractivity contribution in [2.24, 2.45) is 0 Å². The zero-order chi connectivity index (χ0) is 19.5. The van der Waals surface area contributed by atoms with Crippen LogP contribution in [0.4, 0.5) is 0 Å². The van der Waals surface area contributed by atoms with E-state index in [9.17, 15) is 36.8 Å². The summed E-state index contributed by atoms with van der Waals surface area (Å²) in [7, 11) is -14.9. The van der Waals surface area contributed by atoms with Crippen molar-refractivity contribution in [3.63, 3.8) is 0 Å². The number of hydrogen-bond donors (Lipinski definition) is 0. The first-order valence-electron chi connectivity index (χ1n) is 7.30. The molecule has 0 aliphatic rings. The fraction of sp³-hybridized carbons (Fsp3) is 0.538. The van der Waals surface area contributed by atoms with Gasteiger partial charge in [0, 0.05) is 11.4 Å². The van der Waals surface area contributed by atoms with E-state index >= 15 is 0 Å². The number of hydrogen-bond acceptors (Lipinski definition) is 9. The highest BCUT2D eigenvalue weighted by atomic mass is 32.2. The molecule has 0 fully saturated rings. The normalized spacial score (nSPS) is 17.7. The second-order valence-electron chi connectivity index (χ2n) is 5.70. The second kappa shape index (κ2) is 8.41. The van der Waals surface area contributed by atoms with Gasteiger partial charge in [0.05, 0.1) is 17.9 Å². The summed E-state index contributed by atoms with van der Waals surface area (Å²) in [5.41, 5.74) is 0.886. The SMILES string of the molecule is CCC(CC(C)c1ccc(CP(=O)([O-])OP(=O)([O-])[O-])cc1)S(=O)(=O)[O-]. The van der Waals surface area contributed by atoms with Crippen molar-refractivity contribution in [3.05, 3.63) is 35.4 Å². The molecule has 0 aliphatic heterocycles. The van der Waals surface area contributed by atoms with Crippen LogP contribution in [0, 0.1) is 0 Å². The average molecular weight is 412 g/mol. The highest BCUT2D eigenvalue weighted by molar-refractivity contribution is 7.86. The maximum atomic E-state index is 11.5. The Labute approximate surface area is 146 Å². The lowest BCUT2D eigenvalue weighted by molar-refractivity contribution is -0.337. The minimum atomic E-state index is -5.65. The minimum absolute atomic E-state index is 0.125. The van der Waals surface area contributed by atoms with Crippen molar-refractivity contribution in [2.45, 2.75) is 44.0 Å². The van der Waals surface area contributed by atoms with E-state index in [1.807, 2.05) is 0 Å². The summed E-state index contributed by atoms with van der Waals surface area (Å²) in [5.74, 6) is -0.262. The summed E-state index contributed by atoms with van der Waals surface area (Å²) in [5, 5.41) is -1.01. The molecule has 0 N–H and O–H groups in total. The Bertz CT molecular complexity index is 769. The van der Waals surface area contributed by atoms with Crippen molar-refractivity contribution < 1.29 is 41.1 Å². The molecular weight excluding hydrogens is 394 g/mol. The molecule has 1 aromatic rings. The highest BCUT2D eigenvalue weighted by Crippen LogP contribution is 2.51. The van der Waals surface area contributed by atoms with Gasteiger partial charge < -0.3 is 32.7 Å². The molecule has 25 heavy (non-hydrogen) atoms. The fourth-order valence-corrected chi connectivity index (χ4v) is 5.42. The smallest absolute Gasteiger partial charge is 0.143 e. The highest BCUT2D eigenvalue weighted by Gasteiger charge is 2.19. The number of rotatable bonds is 9. The molecule has 3 atom stereocenters. The molecule has 0 aromatic heterocycles. The van der Waals surface area contributed by atoms with Crippen LogP contribution in [0.15, 0.2) is 24.3 Å². The first-order valence-corrected chi connectivity index (χ1v) is 12.0. The van der Waals surface area contributed by atoms with Gasteiger partial charge in [0.15, 0.2) is 0 Å². The first kappa shape index (κ1) is 22.5. The molecule has 0 heterocycles. The lowest BCUT2D eigenvalue weighted by Gasteiger charge is -2.36. The van der Waals surface area contributed by atoms with Crippen LogP contribution in [-0.4, -0.2) is 18.2 Å². The monoisotopic (exact) mass is 412 g/mol. The van der Waals surface area contributed by atoms with Gasteiger partial charge in [0.2, 0.25) is 0 Å². The lowest BCUT2D eigenvalue weighted by atomic mass is 9.95. The van der Waals surface area contributed by atoms with Crippen LogP contribution < -0.4 is 14.7 Å². The van der Waals surface area contributed by atoms with Crippen LogP contribution in [0.25, 0.3) is 0 Å². The number of benzene rings is 1. The van der Waals surface area contributed by atoms with Crippen LogP contribution in [0.1, 0.15) is 43.7 Å². The van der Waals surface area contributed by atoms with Gasteiger partial charge in [-0.1, -0.05) is 38.1 Å². The molecule has 12 heteroatoms. The Morgan fingerprint density at radius 3 is 2.04 bits per heavy atom. The molecular formula is C13H18O9P2S-4. The molecule has 144 valence electrons. The van der Waals surface area contributed by atoms with Crippen molar-refractivity contribution in [3.8, 4) is 0 Å². The topological polar surface area (TPSA) is 170 Å². The van der Waals surface area contributed by atoms with Crippen molar-refractivity contribution in [1.29, 1.82) is 0 Å². The van der Waals surface area contributed by atoms with E-state index in [4.69, 9.17) is 0 Å². The van der Waals surface area contributed by atoms with E-state index in [2.05, 4.69) is 4.31 Å². The predicted molar refractivity (Wildman–Crippen MR) is 83.3 cm³/mol. The second-order valence-corrected chi connectivity index (χ2v) is 10.4. The minimum Gasteiger partial charge on any atom is -0.790 e. The van der Waals surface area contributed by atoms with Gasteiger partial charge in [0.25, 0.3) is 0 Å². The van der Waals surface area contributed by atoms with Gasteiger partial charge in [-0.05, 0) is 29.9 Å². The van der Waals surface area contributed by atoms with Gasteiger partial charge in [0.1, 0.15) is 7.60 Å². The quantitative estimate of drug-likeness (QED) is 0.411. The van der Waals surface area contributed by atoms with E-state index in [1.165, 1.54) is 24.3 Å². The van der Waals surface area contributed by atoms with E-state index in [-0.39, 0.29) is 24.3 Å². The standard InChI is InChI=1S/C13H22O9P2S/c1-3-13(25(19,20)21)8-10(2)12-6-4-11(5-7-12)9-23(14,15)22-24(16,17)18/h4-7,10,13H,3,8-9H2,1-2H3,(H,14,15)(H2,16,17,18)(H,19,20,21)/p-4. The van der Waals surface area contributed by atoms with Gasteiger partial charge in [-0.25, -0.2) is 8.42 Å². The summed E-state index contributed by atoms with van der Waals surface area (Å²) in [4.78, 5) is 32.3. The maximum absolute atomic E-state index is 11.5. The average Bonchev–Trinajstić information content (AvgIpc) is 2.40. The Balaban J connectivity index is 2.82. The zero-order valence-corrected chi connectivity index (χ0v) is 16.2. The zero-order valence-electron chi connectivity index (χ0n) is 13.6. The van der Waals surface area contributed by atoms with Crippen LogP contribution in [0.2, 0.25) is 0 Å². The van der Waals surface area contributed by atoms with Crippen molar-refractivity contribution in [1.82, 2.24) is 0 Å². The van der Waals surface area contributed by atoms with Crippen LogP contribution in [-0.2, 0) is 29.7 Å². The Hall–Kier alpha value is -0.570.